The molecule has 0 spiro atoms. The number of aromatic nitrogens is 2. The number of carbonyl (C=O) groups is 1. The highest BCUT2D eigenvalue weighted by molar-refractivity contribution is 6.35. The van der Waals surface area contributed by atoms with Gasteiger partial charge in [-0.3, -0.25) is 4.79 Å². The molecule has 1 N–H and O–H groups in total. The number of amides is 1. The fourth-order valence-corrected chi connectivity index (χ4v) is 3.22. The van der Waals surface area contributed by atoms with Crippen molar-refractivity contribution in [3.8, 4) is 0 Å². The molecule has 0 aliphatic carbocycles. The quantitative estimate of drug-likeness (QED) is 0.917. The first kappa shape index (κ1) is 16.0. The number of carbonyl (C=O) groups excluding carboxylic acids is 1. The number of piperidine rings is 1. The molecular weight excluding hydrogens is 335 g/mol. The van der Waals surface area contributed by atoms with Gasteiger partial charge in [-0.2, -0.15) is 0 Å². The van der Waals surface area contributed by atoms with Crippen molar-refractivity contribution in [2.24, 2.45) is 5.92 Å². The zero-order valence-electron chi connectivity index (χ0n) is 12.4. The van der Waals surface area contributed by atoms with E-state index in [9.17, 15) is 4.79 Å². The average molecular weight is 351 g/mol. The Bertz CT molecular complexity index is 675. The van der Waals surface area contributed by atoms with Crippen molar-refractivity contribution < 1.29 is 4.79 Å². The van der Waals surface area contributed by atoms with Crippen LogP contribution in [-0.4, -0.2) is 29.0 Å². The van der Waals surface area contributed by atoms with Gasteiger partial charge < -0.3 is 10.2 Å². The Kier molecular flexibility index (Phi) is 4.98. The smallest absolute Gasteiger partial charge is 0.229 e. The molecule has 1 aromatic heterocycles. The fraction of sp³-hybridized carbons (Fsp3) is 0.312. The summed E-state index contributed by atoms with van der Waals surface area (Å²) in [7, 11) is 0. The van der Waals surface area contributed by atoms with Crippen LogP contribution in [0.4, 0.5) is 11.6 Å². The van der Waals surface area contributed by atoms with Crippen molar-refractivity contribution in [2.75, 3.05) is 23.3 Å². The van der Waals surface area contributed by atoms with E-state index in [0.717, 1.165) is 19.4 Å². The number of benzene rings is 1. The minimum atomic E-state index is -0.120. The summed E-state index contributed by atoms with van der Waals surface area (Å²) in [5.41, 5.74) is 0.612. The fourth-order valence-electron chi connectivity index (χ4n) is 2.70. The molecule has 3 rings (SSSR count). The number of hydrogen-bond donors (Lipinski definition) is 1. The molecule has 1 atom stereocenters. The Morgan fingerprint density at radius 1 is 1.17 bits per heavy atom. The van der Waals surface area contributed by atoms with Crippen LogP contribution in [0, 0.1) is 5.92 Å². The van der Waals surface area contributed by atoms with E-state index in [1.807, 2.05) is 4.90 Å². The van der Waals surface area contributed by atoms with Gasteiger partial charge in [-0.1, -0.05) is 23.2 Å². The van der Waals surface area contributed by atoms with E-state index in [-0.39, 0.29) is 11.8 Å². The molecule has 1 aliphatic rings. The van der Waals surface area contributed by atoms with E-state index in [2.05, 4.69) is 15.3 Å². The van der Waals surface area contributed by atoms with Gasteiger partial charge >= 0.3 is 0 Å². The van der Waals surface area contributed by atoms with Gasteiger partial charge in [0, 0.05) is 41.2 Å². The Morgan fingerprint density at radius 3 is 2.57 bits per heavy atom. The van der Waals surface area contributed by atoms with E-state index >= 15 is 0 Å². The summed E-state index contributed by atoms with van der Waals surface area (Å²) < 4.78 is 0. The predicted molar refractivity (Wildman–Crippen MR) is 92.1 cm³/mol. The molecule has 1 aromatic carbocycles. The average Bonchev–Trinajstić information content (AvgIpc) is 2.55. The second-order valence-corrected chi connectivity index (χ2v) is 6.35. The molecule has 0 unspecified atom stereocenters. The third-order valence-electron chi connectivity index (χ3n) is 3.76. The molecule has 1 amide bonds. The van der Waals surface area contributed by atoms with E-state index < -0.39 is 0 Å². The van der Waals surface area contributed by atoms with Crippen LogP contribution in [0.15, 0.2) is 36.7 Å². The summed E-state index contributed by atoms with van der Waals surface area (Å²) in [5.74, 6) is 0.505. The van der Waals surface area contributed by atoms with Crippen molar-refractivity contribution in [3.05, 3.63) is 46.7 Å². The second-order valence-electron chi connectivity index (χ2n) is 5.48. The third kappa shape index (κ3) is 4.12. The van der Waals surface area contributed by atoms with Crippen LogP contribution in [-0.2, 0) is 4.79 Å². The van der Waals surface area contributed by atoms with Gasteiger partial charge in [0.15, 0.2) is 0 Å². The summed E-state index contributed by atoms with van der Waals surface area (Å²) in [6.07, 6.45) is 5.18. The van der Waals surface area contributed by atoms with Crippen LogP contribution < -0.4 is 10.2 Å². The van der Waals surface area contributed by atoms with Gasteiger partial charge in [0.05, 0.1) is 5.92 Å². The highest BCUT2D eigenvalue weighted by Crippen LogP contribution is 2.25. The molecule has 7 heteroatoms. The predicted octanol–water partition coefficient (Wildman–Crippen LogP) is 3.64. The van der Waals surface area contributed by atoms with Crippen molar-refractivity contribution in [1.82, 2.24) is 9.97 Å². The molecular formula is C16H16Cl2N4O. The summed E-state index contributed by atoms with van der Waals surface area (Å²) in [6, 6.07) is 6.78. The zero-order valence-corrected chi connectivity index (χ0v) is 13.9. The summed E-state index contributed by atoms with van der Waals surface area (Å²) >= 11 is 11.9. The number of rotatable bonds is 3. The highest BCUT2D eigenvalue weighted by atomic mass is 35.5. The monoisotopic (exact) mass is 350 g/mol. The van der Waals surface area contributed by atoms with Crippen LogP contribution in [0.2, 0.25) is 10.0 Å². The Balaban J connectivity index is 1.67. The van der Waals surface area contributed by atoms with E-state index in [1.165, 1.54) is 0 Å². The van der Waals surface area contributed by atoms with Gasteiger partial charge in [-0.15, -0.1) is 0 Å². The molecule has 2 heterocycles. The Morgan fingerprint density at radius 2 is 1.87 bits per heavy atom. The van der Waals surface area contributed by atoms with Crippen LogP contribution in [0.25, 0.3) is 0 Å². The van der Waals surface area contributed by atoms with Crippen LogP contribution in [0.5, 0.6) is 0 Å². The minimum absolute atomic E-state index is 0.0380. The number of nitrogens with one attached hydrogen (secondary N) is 1. The van der Waals surface area contributed by atoms with Crippen molar-refractivity contribution in [1.29, 1.82) is 0 Å². The first-order chi connectivity index (χ1) is 11.1. The molecule has 23 heavy (non-hydrogen) atoms. The van der Waals surface area contributed by atoms with Gasteiger partial charge in [-0.25, -0.2) is 9.97 Å². The van der Waals surface area contributed by atoms with Crippen molar-refractivity contribution in [2.45, 2.75) is 12.8 Å². The molecule has 120 valence electrons. The normalized spacial score (nSPS) is 17.8. The van der Waals surface area contributed by atoms with Crippen LogP contribution >= 0.6 is 23.2 Å². The maximum absolute atomic E-state index is 12.5. The van der Waals surface area contributed by atoms with E-state index in [1.54, 1.807) is 36.7 Å². The van der Waals surface area contributed by atoms with Gasteiger partial charge in [0.1, 0.15) is 0 Å². The van der Waals surface area contributed by atoms with E-state index in [4.69, 9.17) is 23.2 Å². The molecule has 0 saturated carbocycles. The lowest BCUT2D eigenvalue weighted by Crippen LogP contribution is -2.41. The lowest BCUT2D eigenvalue weighted by molar-refractivity contribution is -0.120. The summed E-state index contributed by atoms with van der Waals surface area (Å²) in [6.45, 7) is 1.46. The van der Waals surface area contributed by atoms with Crippen LogP contribution in [0.1, 0.15) is 12.8 Å². The lowest BCUT2D eigenvalue weighted by Gasteiger charge is -2.31. The molecule has 1 saturated heterocycles. The number of nitrogens with zero attached hydrogens (tertiary/aromatic N) is 3. The van der Waals surface area contributed by atoms with Crippen molar-refractivity contribution in [3.63, 3.8) is 0 Å². The topological polar surface area (TPSA) is 58.1 Å². The standard InChI is InChI=1S/C16H16Cl2N4O/c17-12-7-13(18)9-14(8-12)21-15(23)11-3-1-6-22(10-11)16-19-4-2-5-20-16/h2,4-5,7-9,11H,1,3,6,10H2,(H,21,23)/t11-/m0/s1. The number of hydrogen-bond acceptors (Lipinski definition) is 4. The van der Waals surface area contributed by atoms with Crippen LogP contribution in [0.3, 0.4) is 0 Å². The molecule has 5 nitrogen and oxygen atoms in total. The number of anilines is 2. The zero-order chi connectivity index (χ0) is 16.2. The summed E-state index contributed by atoms with van der Waals surface area (Å²) in [5, 5.41) is 3.88. The molecule has 1 fully saturated rings. The molecule has 2 aromatic rings. The minimum Gasteiger partial charge on any atom is -0.340 e. The maximum atomic E-state index is 12.5. The SMILES string of the molecule is O=C(Nc1cc(Cl)cc(Cl)c1)[C@H]1CCCN(c2ncccn2)C1. The highest BCUT2D eigenvalue weighted by Gasteiger charge is 2.27. The van der Waals surface area contributed by atoms with Crippen molar-refractivity contribution >= 4 is 40.7 Å². The largest absolute Gasteiger partial charge is 0.340 e. The number of halogens is 2. The lowest BCUT2D eigenvalue weighted by atomic mass is 9.97. The Labute approximate surface area is 144 Å². The third-order valence-corrected chi connectivity index (χ3v) is 4.19. The first-order valence-electron chi connectivity index (χ1n) is 7.41. The van der Waals surface area contributed by atoms with Gasteiger partial charge in [0.25, 0.3) is 0 Å². The Hall–Kier alpha value is -1.85. The molecule has 0 radical (unpaired) electrons. The first-order valence-corrected chi connectivity index (χ1v) is 8.16. The molecule has 0 bridgehead atoms. The second kappa shape index (κ2) is 7.15. The van der Waals surface area contributed by atoms with E-state index in [0.29, 0.717) is 28.2 Å². The van der Waals surface area contributed by atoms with Gasteiger partial charge in [-0.05, 0) is 37.1 Å². The van der Waals surface area contributed by atoms with Gasteiger partial charge in [0.2, 0.25) is 11.9 Å². The maximum Gasteiger partial charge on any atom is 0.229 e. The molecule has 1 aliphatic heterocycles. The summed E-state index contributed by atoms with van der Waals surface area (Å²) in [4.78, 5) is 23.0.